The van der Waals surface area contributed by atoms with Gasteiger partial charge in [0.2, 0.25) is 0 Å². The van der Waals surface area contributed by atoms with E-state index in [1.807, 2.05) is 31.2 Å². The normalized spacial score (nSPS) is 18.6. The minimum atomic E-state index is -0.823. The smallest absolute Gasteiger partial charge is 0.303 e. The van der Waals surface area contributed by atoms with Crippen molar-refractivity contribution in [1.82, 2.24) is 0 Å². The first kappa shape index (κ1) is 11.6. The van der Waals surface area contributed by atoms with Crippen molar-refractivity contribution in [1.29, 1.82) is 0 Å². The Morgan fingerprint density at radius 3 is 3.00 bits per heavy atom. The van der Waals surface area contributed by atoms with Crippen molar-refractivity contribution < 1.29 is 14.6 Å². The van der Waals surface area contributed by atoms with Crippen LogP contribution in [0.2, 0.25) is 0 Å². The lowest BCUT2D eigenvalue weighted by molar-refractivity contribution is -0.136. The Morgan fingerprint density at radius 1 is 1.53 bits per heavy atom. The standard InChI is InChI=1S/C13H15NO3/c1-9-4-2-3-5-10(9)11-8-17-12(14-11)6-7-13(15)16/h2-5,11H,6-8H2,1H3,(H,15,16). The van der Waals surface area contributed by atoms with Gasteiger partial charge in [0.25, 0.3) is 0 Å². The average molecular weight is 233 g/mol. The number of rotatable bonds is 4. The van der Waals surface area contributed by atoms with Crippen molar-refractivity contribution in [2.24, 2.45) is 4.99 Å². The van der Waals surface area contributed by atoms with Gasteiger partial charge in [-0.1, -0.05) is 24.3 Å². The first-order valence-electron chi connectivity index (χ1n) is 5.63. The fourth-order valence-corrected chi connectivity index (χ4v) is 1.89. The number of aryl methyl sites for hydroxylation is 1. The van der Waals surface area contributed by atoms with E-state index in [4.69, 9.17) is 9.84 Å². The summed E-state index contributed by atoms with van der Waals surface area (Å²) in [6, 6.07) is 8.06. The maximum absolute atomic E-state index is 10.5. The molecule has 0 radical (unpaired) electrons. The fourth-order valence-electron chi connectivity index (χ4n) is 1.89. The number of carboxylic acids is 1. The molecular formula is C13H15NO3. The van der Waals surface area contributed by atoms with Crippen molar-refractivity contribution >= 4 is 11.9 Å². The highest BCUT2D eigenvalue weighted by molar-refractivity contribution is 5.82. The monoisotopic (exact) mass is 233 g/mol. The van der Waals surface area contributed by atoms with E-state index >= 15 is 0 Å². The molecule has 0 aliphatic carbocycles. The quantitative estimate of drug-likeness (QED) is 0.868. The van der Waals surface area contributed by atoms with E-state index in [1.54, 1.807) is 0 Å². The van der Waals surface area contributed by atoms with Crippen LogP contribution < -0.4 is 0 Å². The van der Waals surface area contributed by atoms with Crippen molar-refractivity contribution in [3.05, 3.63) is 35.4 Å². The number of aliphatic carboxylic acids is 1. The Balaban J connectivity index is 2.06. The molecule has 0 saturated carbocycles. The lowest BCUT2D eigenvalue weighted by atomic mass is 10.0. The van der Waals surface area contributed by atoms with E-state index < -0.39 is 5.97 Å². The largest absolute Gasteiger partial charge is 0.481 e. The van der Waals surface area contributed by atoms with E-state index in [2.05, 4.69) is 4.99 Å². The van der Waals surface area contributed by atoms with Crippen LogP contribution in [-0.2, 0) is 9.53 Å². The van der Waals surface area contributed by atoms with Crippen LogP contribution in [0.3, 0.4) is 0 Å². The zero-order valence-corrected chi connectivity index (χ0v) is 9.72. The zero-order valence-electron chi connectivity index (χ0n) is 9.72. The highest BCUT2D eigenvalue weighted by Crippen LogP contribution is 2.26. The highest BCUT2D eigenvalue weighted by atomic mass is 16.5. The molecule has 1 atom stereocenters. The highest BCUT2D eigenvalue weighted by Gasteiger charge is 2.21. The van der Waals surface area contributed by atoms with E-state index in [9.17, 15) is 4.79 Å². The van der Waals surface area contributed by atoms with Crippen LogP contribution in [0.4, 0.5) is 0 Å². The Morgan fingerprint density at radius 2 is 2.29 bits per heavy atom. The Kier molecular flexibility index (Phi) is 3.42. The number of ether oxygens (including phenoxy) is 1. The Hall–Kier alpha value is -1.84. The van der Waals surface area contributed by atoms with Crippen LogP contribution in [0.1, 0.15) is 30.0 Å². The molecule has 1 N–H and O–H groups in total. The summed E-state index contributed by atoms with van der Waals surface area (Å²) in [7, 11) is 0. The summed E-state index contributed by atoms with van der Waals surface area (Å²) in [5.74, 6) is -0.267. The zero-order chi connectivity index (χ0) is 12.3. The van der Waals surface area contributed by atoms with Crippen molar-refractivity contribution in [2.75, 3.05) is 6.61 Å². The first-order valence-corrected chi connectivity index (χ1v) is 5.63. The van der Waals surface area contributed by atoms with Gasteiger partial charge in [0, 0.05) is 6.42 Å². The van der Waals surface area contributed by atoms with Crippen molar-refractivity contribution in [3.8, 4) is 0 Å². The molecule has 0 amide bonds. The summed E-state index contributed by atoms with van der Waals surface area (Å²) >= 11 is 0. The summed E-state index contributed by atoms with van der Waals surface area (Å²) in [5.41, 5.74) is 2.34. The molecule has 4 heteroatoms. The molecule has 1 aliphatic rings. The van der Waals surface area contributed by atoms with Crippen LogP contribution in [-0.4, -0.2) is 23.6 Å². The molecule has 90 valence electrons. The maximum atomic E-state index is 10.5. The molecular weight excluding hydrogens is 218 g/mol. The predicted octanol–water partition coefficient (Wildman–Crippen LogP) is 2.33. The number of carbonyl (C=O) groups is 1. The molecule has 1 aromatic rings. The van der Waals surface area contributed by atoms with E-state index in [0.717, 1.165) is 5.56 Å². The molecule has 1 aromatic carbocycles. The minimum absolute atomic E-state index is 0.0139. The summed E-state index contributed by atoms with van der Waals surface area (Å²) in [6.07, 6.45) is 0.442. The van der Waals surface area contributed by atoms with Gasteiger partial charge in [-0.25, -0.2) is 4.99 Å². The first-order chi connectivity index (χ1) is 8.16. The van der Waals surface area contributed by atoms with Gasteiger partial charge in [0.05, 0.1) is 6.42 Å². The summed E-state index contributed by atoms with van der Waals surface area (Å²) in [6.45, 7) is 2.56. The Bertz CT molecular complexity index is 454. The maximum Gasteiger partial charge on any atom is 0.303 e. The minimum Gasteiger partial charge on any atom is -0.481 e. The third-order valence-corrected chi connectivity index (χ3v) is 2.81. The van der Waals surface area contributed by atoms with Crippen molar-refractivity contribution in [2.45, 2.75) is 25.8 Å². The third-order valence-electron chi connectivity index (χ3n) is 2.81. The number of aliphatic imine (C=N–C) groups is 1. The van der Waals surface area contributed by atoms with Crippen molar-refractivity contribution in [3.63, 3.8) is 0 Å². The van der Waals surface area contributed by atoms with E-state index in [-0.39, 0.29) is 12.5 Å². The van der Waals surface area contributed by atoms with Gasteiger partial charge >= 0.3 is 5.97 Å². The molecule has 0 aromatic heterocycles. The lowest BCUT2D eigenvalue weighted by Crippen LogP contribution is -2.03. The van der Waals surface area contributed by atoms with E-state index in [0.29, 0.717) is 18.9 Å². The van der Waals surface area contributed by atoms with Gasteiger partial charge in [-0.05, 0) is 18.1 Å². The average Bonchev–Trinajstić information content (AvgIpc) is 2.75. The van der Waals surface area contributed by atoms with Gasteiger partial charge in [-0.15, -0.1) is 0 Å². The topological polar surface area (TPSA) is 58.9 Å². The van der Waals surface area contributed by atoms with Crippen LogP contribution >= 0.6 is 0 Å². The molecule has 0 spiro atoms. The predicted molar refractivity (Wildman–Crippen MR) is 64.2 cm³/mol. The number of benzene rings is 1. The molecule has 1 heterocycles. The molecule has 1 aliphatic heterocycles. The molecule has 0 saturated heterocycles. The number of nitrogens with zero attached hydrogens (tertiary/aromatic N) is 1. The van der Waals surface area contributed by atoms with Crippen LogP contribution in [0.15, 0.2) is 29.3 Å². The number of carboxylic acid groups (broad SMARTS) is 1. The molecule has 0 fully saturated rings. The van der Waals surface area contributed by atoms with Crippen LogP contribution in [0, 0.1) is 6.92 Å². The number of hydrogen-bond donors (Lipinski definition) is 1. The molecule has 1 unspecified atom stereocenters. The number of hydrogen-bond acceptors (Lipinski definition) is 3. The van der Waals surface area contributed by atoms with Gasteiger partial charge in [-0.3, -0.25) is 4.79 Å². The fraction of sp³-hybridized carbons (Fsp3) is 0.385. The Labute approximate surface area is 99.9 Å². The molecule has 17 heavy (non-hydrogen) atoms. The van der Waals surface area contributed by atoms with Gasteiger partial charge < -0.3 is 9.84 Å². The second kappa shape index (κ2) is 4.99. The summed E-state index contributed by atoms with van der Waals surface area (Å²) in [5, 5.41) is 8.59. The van der Waals surface area contributed by atoms with Gasteiger partial charge in [0.15, 0.2) is 5.90 Å². The third kappa shape index (κ3) is 2.84. The van der Waals surface area contributed by atoms with Gasteiger partial charge in [-0.2, -0.15) is 0 Å². The van der Waals surface area contributed by atoms with Crippen LogP contribution in [0.25, 0.3) is 0 Å². The summed E-state index contributed by atoms with van der Waals surface area (Å²) < 4.78 is 5.41. The second-order valence-electron chi connectivity index (χ2n) is 4.10. The second-order valence-corrected chi connectivity index (χ2v) is 4.10. The lowest BCUT2D eigenvalue weighted by Gasteiger charge is -2.08. The van der Waals surface area contributed by atoms with Crippen LogP contribution in [0.5, 0.6) is 0 Å². The molecule has 0 bridgehead atoms. The van der Waals surface area contributed by atoms with Gasteiger partial charge in [0.1, 0.15) is 12.6 Å². The SMILES string of the molecule is Cc1ccccc1C1COC(CCC(=O)O)=N1. The molecule has 4 nitrogen and oxygen atoms in total. The van der Waals surface area contributed by atoms with E-state index in [1.165, 1.54) is 5.56 Å². The summed E-state index contributed by atoms with van der Waals surface area (Å²) in [4.78, 5) is 14.9. The molecule has 2 rings (SSSR count).